The van der Waals surface area contributed by atoms with Crippen LogP contribution in [0.2, 0.25) is 0 Å². The fraction of sp³-hybridized carbons (Fsp3) is 0.250. The van der Waals surface area contributed by atoms with E-state index >= 15 is 0 Å². The molecular weight excluding hydrogens is 345 g/mol. The van der Waals surface area contributed by atoms with Crippen molar-refractivity contribution in [2.24, 2.45) is 0 Å². The molecule has 1 fully saturated rings. The van der Waals surface area contributed by atoms with E-state index in [-0.39, 0.29) is 11.8 Å². The smallest absolute Gasteiger partial charge is 0.319 e. The van der Waals surface area contributed by atoms with Gasteiger partial charge in [0, 0.05) is 12.4 Å². The highest BCUT2D eigenvalue weighted by Gasteiger charge is 2.37. The fourth-order valence-electron chi connectivity index (χ4n) is 3.61. The van der Waals surface area contributed by atoms with Crippen LogP contribution in [0.15, 0.2) is 61.1 Å². The summed E-state index contributed by atoms with van der Waals surface area (Å²) in [6, 6.07) is 11.5. The van der Waals surface area contributed by atoms with Crippen LogP contribution in [0.3, 0.4) is 0 Å². The fourth-order valence-corrected chi connectivity index (χ4v) is 3.61. The van der Waals surface area contributed by atoms with Gasteiger partial charge in [-0.25, -0.2) is 18.9 Å². The van der Waals surface area contributed by atoms with Crippen molar-refractivity contribution in [2.75, 3.05) is 5.32 Å². The molecule has 1 aromatic carbocycles. The van der Waals surface area contributed by atoms with Crippen molar-refractivity contribution < 1.29 is 9.18 Å². The molecule has 1 aliphatic carbocycles. The third-order valence-electron chi connectivity index (χ3n) is 4.95. The first-order valence-electron chi connectivity index (χ1n) is 8.96. The maximum atomic E-state index is 13.3. The topological polar surface area (TPSA) is 71.8 Å². The predicted octanol–water partition coefficient (Wildman–Crippen LogP) is 4.00. The normalized spacial score (nSPS) is 15.4. The number of carbonyl (C=O) groups excluding carboxylic acids is 1. The Morgan fingerprint density at radius 1 is 1.11 bits per heavy atom. The number of hydrogen-bond donors (Lipinski definition) is 2. The first kappa shape index (κ1) is 17.2. The summed E-state index contributed by atoms with van der Waals surface area (Å²) in [6.07, 6.45) is 8.79. The number of amides is 2. The predicted molar refractivity (Wildman–Crippen MR) is 100 cm³/mol. The maximum absolute atomic E-state index is 13.3. The van der Waals surface area contributed by atoms with Crippen molar-refractivity contribution in [3.05, 3.63) is 72.4 Å². The molecule has 2 N–H and O–H groups in total. The molecule has 138 valence electrons. The zero-order chi connectivity index (χ0) is 18.7. The van der Waals surface area contributed by atoms with Gasteiger partial charge < -0.3 is 10.6 Å². The van der Waals surface area contributed by atoms with E-state index in [4.69, 9.17) is 0 Å². The van der Waals surface area contributed by atoms with Crippen molar-refractivity contribution >= 4 is 11.7 Å². The Hall–Kier alpha value is -3.22. The molecular formula is C20H20FN5O. The lowest BCUT2D eigenvalue weighted by Gasteiger charge is -2.31. The summed E-state index contributed by atoms with van der Waals surface area (Å²) in [5.74, 6) is 0.393. The largest absolute Gasteiger partial charge is 0.328 e. The number of rotatable bonds is 4. The summed E-state index contributed by atoms with van der Waals surface area (Å²) in [5, 5.41) is 10.1. The summed E-state index contributed by atoms with van der Waals surface area (Å²) in [4.78, 5) is 16.9. The number of pyridine rings is 1. The molecule has 0 unspecified atom stereocenters. The average Bonchev–Trinajstić information content (AvgIpc) is 3.35. The number of nitrogens with one attached hydrogen (secondary N) is 2. The highest BCUT2D eigenvalue weighted by atomic mass is 19.1. The Kier molecular flexibility index (Phi) is 4.58. The number of benzene rings is 1. The molecule has 2 heterocycles. The minimum atomic E-state index is -0.458. The summed E-state index contributed by atoms with van der Waals surface area (Å²) in [5.41, 5.74) is 1.07. The van der Waals surface area contributed by atoms with Gasteiger partial charge in [0.25, 0.3) is 0 Å². The Bertz CT molecular complexity index is 901. The molecule has 0 atom stereocenters. The van der Waals surface area contributed by atoms with Gasteiger partial charge in [-0.3, -0.25) is 0 Å². The average molecular weight is 365 g/mol. The van der Waals surface area contributed by atoms with Gasteiger partial charge in [-0.1, -0.05) is 25.0 Å². The Morgan fingerprint density at radius 2 is 1.89 bits per heavy atom. The molecule has 0 aliphatic heterocycles. The summed E-state index contributed by atoms with van der Waals surface area (Å²) in [6.45, 7) is 0. The van der Waals surface area contributed by atoms with Crippen molar-refractivity contribution in [1.29, 1.82) is 0 Å². The van der Waals surface area contributed by atoms with E-state index < -0.39 is 5.54 Å². The number of anilines is 1. The molecule has 2 aromatic heterocycles. The van der Waals surface area contributed by atoms with Crippen LogP contribution in [0.25, 0.3) is 5.82 Å². The van der Waals surface area contributed by atoms with Crippen LogP contribution >= 0.6 is 0 Å². The van der Waals surface area contributed by atoms with Crippen LogP contribution in [0.4, 0.5) is 14.9 Å². The second-order valence-electron chi connectivity index (χ2n) is 6.73. The highest BCUT2D eigenvalue weighted by Crippen LogP contribution is 2.38. The van der Waals surface area contributed by atoms with Crippen molar-refractivity contribution in [1.82, 2.24) is 20.1 Å². The Balaban J connectivity index is 1.46. The number of halogens is 1. The second kappa shape index (κ2) is 7.19. The Labute approximate surface area is 156 Å². The number of nitrogens with zero attached hydrogens (tertiary/aromatic N) is 3. The van der Waals surface area contributed by atoms with Crippen molar-refractivity contribution in [3.63, 3.8) is 0 Å². The van der Waals surface area contributed by atoms with Gasteiger partial charge in [-0.2, -0.15) is 5.10 Å². The first-order chi connectivity index (χ1) is 13.1. The van der Waals surface area contributed by atoms with Gasteiger partial charge in [-0.15, -0.1) is 0 Å². The number of carbonyl (C=O) groups is 1. The standard InChI is InChI=1S/C20H20FN5O/c21-16-6-4-15(5-7-16)20(10-1-2-11-20)25-19(27)24-17-8-9-18(22-14-17)26-13-3-12-23-26/h3-9,12-14H,1-2,10-11H2,(H2,24,25,27). The van der Waals surface area contributed by atoms with Gasteiger partial charge in [0.15, 0.2) is 5.82 Å². The van der Waals surface area contributed by atoms with Gasteiger partial charge in [0.2, 0.25) is 0 Å². The van der Waals surface area contributed by atoms with Crippen LogP contribution in [-0.2, 0) is 5.54 Å². The molecule has 3 aromatic rings. The number of urea groups is 1. The SMILES string of the molecule is O=C(Nc1ccc(-n2cccn2)nc1)NC1(c2ccc(F)cc2)CCCC1. The lowest BCUT2D eigenvalue weighted by atomic mass is 9.88. The first-order valence-corrected chi connectivity index (χ1v) is 8.96. The molecule has 0 bridgehead atoms. The van der Waals surface area contributed by atoms with Gasteiger partial charge in [0.1, 0.15) is 5.82 Å². The zero-order valence-corrected chi connectivity index (χ0v) is 14.7. The molecule has 1 aliphatic rings. The second-order valence-corrected chi connectivity index (χ2v) is 6.73. The number of aromatic nitrogens is 3. The van der Waals surface area contributed by atoms with Crippen LogP contribution in [-0.4, -0.2) is 20.8 Å². The highest BCUT2D eigenvalue weighted by molar-refractivity contribution is 5.89. The molecule has 0 radical (unpaired) electrons. The molecule has 6 nitrogen and oxygen atoms in total. The van der Waals surface area contributed by atoms with Crippen LogP contribution in [0.5, 0.6) is 0 Å². The van der Waals surface area contributed by atoms with E-state index in [0.717, 1.165) is 31.2 Å². The van der Waals surface area contributed by atoms with Gasteiger partial charge in [-0.05, 0) is 48.7 Å². The van der Waals surface area contributed by atoms with Gasteiger partial charge >= 0.3 is 6.03 Å². The molecule has 0 spiro atoms. The van der Waals surface area contributed by atoms with Crippen molar-refractivity contribution in [2.45, 2.75) is 31.2 Å². The molecule has 2 amide bonds. The molecule has 7 heteroatoms. The molecule has 0 saturated heterocycles. The summed E-state index contributed by atoms with van der Waals surface area (Å²) < 4.78 is 14.9. The van der Waals surface area contributed by atoms with E-state index in [1.54, 1.807) is 47.5 Å². The minimum Gasteiger partial charge on any atom is -0.328 e. The summed E-state index contributed by atoms with van der Waals surface area (Å²) in [7, 11) is 0. The quantitative estimate of drug-likeness (QED) is 0.734. The molecule has 27 heavy (non-hydrogen) atoms. The maximum Gasteiger partial charge on any atom is 0.319 e. The minimum absolute atomic E-state index is 0.278. The third-order valence-corrected chi connectivity index (χ3v) is 4.95. The van der Waals surface area contributed by atoms with Crippen molar-refractivity contribution in [3.8, 4) is 5.82 Å². The van der Waals surface area contributed by atoms with E-state index in [0.29, 0.717) is 11.5 Å². The monoisotopic (exact) mass is 365 g/mol. The Morgan fingerprint density at radius 3 is 2.52 bits per heavy atom. The van der Waals surface area contributed by atoms with E-state index in [9.17, 15) is 9.18 Å². The van der Waals surface area contributed by atoms with Crippen LogP contribution < -0.4 is 10.6 Å². The lowest BCUT2D eigenvalue weighted by Crippen LogP contribution is -2.45. The summed E-state index contributed by atoms with van der Waals surface area (Å²) >= 11 is 0. The zero-order valence-electron chi connectivity index (χ0n) is 14.7. The van der Waals surface area contributed by atoms with Gasteiger partial charge in [0.05, 0.1) is 17.4 Å². The molecule has 1 saturated carbocycles. The third kappa shape index (κ3) is 3.67. The van der Waals surface area contributed by atoms with E-state index in [1.165, 1.54) is 12.1 Å². The van der Waals surface area contributed by atoms with Crippen LogP contribution in [0.1, 0.15) is 31.2 Å². The molecule has 4 rings (SSSR count). The van der Waals surface area contributed by atoms with E-state index in [1.807, 2.05) is 6.07 Å². The number of hydrogen-bond acceptors (Lipinski definition) is 3. The lowest BCUT2D eigenvalue weighted by molar-refractivity contribution is 0.236. The van der Waals surface area contributed by atoms with E-state index in [2.05, 4.69) is 20.7 Å². The van der Waals surface area contributed by atoms with Crippen LogP contribution in [0, 0.1) is 5.82 Å².